The topological polar surface area (TPSA) is 67.2 Å². The minimum atomic E-state index is 0.291. The highest BCUT2D eigenvalue weighted by Gasteiger charge is 2.34. The SMILES string of the molecule is Cn1nc(Br)c2c(N3CCCN(C(=O)C4CC4)CC3)ncnc21. The molecule has 1 aliphatic carbocycles. The van der Waals surface area contributed by atoms with Gasteiger partial charge in [-0.3, -0.25) is 4.79 Å². The first-order chi connectivity index (χ1) is 11.1. The van der Waals surface area contributed by atoms with E-state index < -0.39 is 0 Å². The fraction of sp³-hybridized carbons (Fsp3) is 0.600. The summed E-state index contributed by atoms with van der Waals surface area (Å²) in [4.78, 5) is 25.4. The van der Waals surface area contributed by atoms with Gasteiger partial charge in [-0.05, 0) is 35.2 Å². The standard InChI is InChI=1S/C15H19BrN6O/c1-20-13-11(12(16)19-20)14(18-9-17-13)21-5-2-6-22(8-7-21)15(23)10-3-4-10/h9-10H,2-8H2,1H3. The molecule has 0 aromatic carbocycles. The summed E-state index contributed by atoms with van der Waals surface area (Å²) in [5, 5.41) is 5.33. The highest BCUT2D eigenvalue weighted by molar-refractivity contribution is 9.10. The van der Waals surface area contributed by atoms with Crippen molar-refractivity contribution in [1.82, 2.24) is 24.6 Å². The van der Waals surface area contributed by atoms with Crippen LogP contribution < -0.4 is 4.90 Å². The summed E-state index contributed by atoms with van der Waals surface area (Å²) in [6.07, 6.45) is 4.67. The van der Waals surface area contributed by atoms with Gasteiger partial charge in [-0.15, -0.1) is 0 Å². The van der Waals surface area contributed by atoms with Crippen molar-refractivity contribution in [2.24, 2.45) is 13.0 Å². The average molecular weight is 379 g/mol. The molecular formula is C15H19BrN6O. The smallest absolute Gasteiger partial charge is 0.225 e. The number of aromatic nitrogens is 4. The molecule has 2 aliphatic rings. The van der Waals surface area contributed by atoms with Crippen LogP contribution in [0.2, 0.25) is 0 Å². The van der Waals surface area contributed by atoms with E-state index in [4.69, 9.17) is 0 Å². The highest BCUT2D eigenvalue weighted by Crippen LogP contribution is 2.32. The van der Waals surface area contributed by atoms with Crippen molar-refractivity contribution in [1.29, 1.82) is 0 Å². The van der Waals surface area contributed by atoms with Crippen LogP contribution in [0.3, 0.4) is 0 Å². The Bertz CT molecular complexity index is 756. The normalized spacial score (nSPS) is 19.2. The van der Waals surface area contributed by atoms with Crippen LogP contribution in [-0.2, 0) is 11.8 Å². The van der Waals surface area contributed by atoms with Crippen molar-refractivity contribution in [3.63, 3.8) is 0 Å². The van der Waals surface area contributed by atoms with E-state index in [0.717, 1.165) is 66.9 Å². The van der Waals surface area contributed by atoms with Gasteiger partial charge in [0.2, 0.25) is 5.91 Å². The van der Waals surface area contributed by atoms with Crippen LogP contribution in [0, 0.1) is 5.92 Å². The van der Waals surface area contributed by atoms with Crippen LogP contribution >= 0.6 is 15.9 Å². The molecule has 2 fully saturated rings. The van der Waals surface area contributed by atoms with Crippen LogP contribution in [-0.4, -0.2) is 56.7 Å². The molecule has 8 heteroatoms. The van der Waals surface area contributed by atoms with Crippen molar-refractivity contribution < 1.29 is 4.79 Å². The quantitative estimate of drug-likeness (QED) is 0.793. The molecule has 0 atom stereocenters. The summed E-state index contributed by atoms with van der Waals surface area (Å²) in [5.74, 6) is 1.53. The van der Waals surface area contributed by atoms with E-state index in [-0.39, 0.29) is 0 Å². The van der Waals surface area contributed by atoms with Crippen LogP contribution in [0.4, 0.5) is 5.82 Å². The molecule has 4 rings (SSSR count). The van der Waals surface area contributed by atoms with Crippen molar-refractivity contribution >= 4 is 38.7 Å². The number of carbonyl (C=O) groups is 1. The van der Waals surface area contributed by atoms with Crippen molar-refractivity contribution in [2.45, 2.75) is 19.3 Å². The summed E-state index contributed by atoms with van der Waals surface area (Å²) in [6, 6.07) is 0. The number of aryl methyl sites for hydroxylation is 1. The third-order valence-corrected chi connectivity index (χ3v) is 5.15. The number of halogens is 1. The van der Waals surface area contributed by atoms with E-state index in [0.29, 0.717) is 11.8 Å². The van der Waals surface area contributed by atoms with Gasteiger partial charge in [0.05, 0.1) is 5.39 Å². The molecule has 0 radical (unpaired) electrons. The summed E-state index contributed by atoms with van der Waals surface area (Å²) in [7, 11) is 1.88. The molecule has 7 nitrogen and oxygen atoms in total. The van der Waals surface area contributed by atoms with E-state index >= 15 is 0 Å². The largest absolute Gasteiger partial charge is 0.354 e. The fourth-order valence-electron chi connectivity index (χ4n) is 3.20. The van der Waals surface area contributed by atoms with Crippen LogP contribution in [0.25, 0.3) is 11.0 Å². The Hall–Kier alpha value is -1.70. The van der Waals surface area contributed by atoms with E-state index in [1.807, 2.05) is 11.9 Å². The van der Waals surface area contributed by atoms with E-state index in [2.05, 4.69) is 35.9 Å². The Morgan fingerprint density at radius 2 is 2.04 bits per heavy atom. The Labute approximate surface area is 142 Å². The molecule has 3 heterocycles. The fourth-order valence-corrected chi connectivity index (χ4v) is 3.80. The van der Waals surface area contributed by atoms with Crippen LogP contribution in [0.15, 0.2) is 10.9 Å². The number of hydrogen-bond donors (Lipinski definition) is 0. The second-order valence-electron chi connectivity index (χ2n) is 6.25. The Morgan fingerprint density at radius 3 is 2.83 bits per heavy atom. The van der Waals surface area contributed by atoms with Gasteiger partial charge >= 0.3 is 0 Å². The maximum Gasteiger partial charge on any atom is 0.225 e. The predicted molar refractivity (Wildman–Crippen MR) is 90.1 cm³/mol. The number of rotatable bonds is 2. The van der Waals surface area contributed by atoms with Gasteiger partial charge in [0, 0.05) is 39.1 Å². The van der Waals surface area contributed by atoms with Crippen molar-refractivity contribution in [3.8, 4) is 0 Å². The van der Waals surface area contributed by atoms with Crippen molar-refractivity contribution in [3.05, 3.63) is 10.9 Å². The van der Waals surface area contributed by atoms with Gasteiger partial charge in [0.25, 0.3) is 0 Å². The number of anilines is 1. The minimum Gasteiger partial charge on any atom is -0.354 e. The molecule has 0 unspecified atom stereocenters. The molecule has 0 N–H and O–H groups in total. The molecule has 1 saturated heterocycles. The molecule has 1 saturated carbocycles. The number of nitrogens with zero attached hydrogens (tertiary/aromatic N) is 6. The van der Waals surface area contributed by atoms with E-state index in [1.54, 1.807) is 11.0 Å². The number of fused-ring (bicyclic) bond motifs is 1. The molecule has 0 bridgehead atoms. The Kier molecular flexibility index (Phi) is 3.71. The van der Waals surface area contributed by atoms with Crippen LogP contribution in [0.1, 0.15) is 19.3 Å². The summed E-state index contributed by atoms with van der Waals surface area (Å²) >= 11 is 3.51. The van der Waals surface area contributed by atoms with Crippen molar-refractivity contribution in [2.75, 3.05) is 31.1 Å². The molecule has 0 spiro atoms. The molecule has 1 aliphatic heterocycles. The zero-order chi connectivity index (χ0) is 16.0. The van der Waals surface area contributed by atoms with Gasteiger partial charge in [-0.1, -0.05) is 0 Å². The second-order valence-corrected chi connectivity index (χ2v) is 7.00. The van der Waals surface area contributed by atoms with Gasteiger partial charge < -0.3 is 9.80 Å². The molecule has 1 amide bonds. The molecule has 23 heavy (non-hydrogen) atoms. The molecular weight excluding hydrogens is 360 g/mol. The van der Waals surface area contributed by atoms with E-state index in [1.165, 1.54) is 0 Å². The first kappa shape index (κ1) is 14.9. The second kappa shape index (κ2) is 5.74. The first-order valence-corrected chi connectivity index (χ1v) is 8.81. The van der Waals surface area contributed by atoms with Gasteiger partial charge in [-0.25, -0.2) is 14.6 Å². The third kappa shape index (κ3) is 2.69. The summed E-state index contributed by atoms with van der Waals surface area (Å²) in [5.41, 5.74) is 0.817. The molecule has 2 aromatic heterocycles. The minimum absolute atomic E-state index is 0.291. The zero-order valence-corrected chi connectivity index (χ0v) is 14.7. The monoisotopic (exact) mass is 378 g/mol. The number of carbonyl (C=O) groups excluding carboxylic acids is 1. The summed E-state index contributed by atoms with van der Waals surface area (Å²) < 4.78 is 2.52. The lowest BCUT2D eigenvalue weighted by atomic mass is 10.3. The van der Waals surface area contributed by atoms with Gasteiger partial charge in [-0.2, -0.15) is 5.10 Å². The Morgan fingerprint density at radius 1 is 1.22 bits per heavy atom. The zero-order valence-electron chi connectivity index (χ0n) is 13.1. The molecule has 2 aromatic rings. The third-order valence-electron chi connectivity index (χ3n) is 4.59. The maximum atomic E-state index is 12.3. The van der Waals surface area contributed by atoms with E-state index in [9.17, 15) is 4.79 Å². The van der Waals surface area contributed by atoms with Gasteiger partial charge in [0.1, 0.15) is 16.7 Å². The number of amides is 1. The highest BCUT2D eigenvalue weighted by atomic mass is 79.9. The average Bonchev–Trinajstić information content (AvgIpc) is 3.37. The van der Waals surface area contributed by atoms with Gasteiger partial charge in [0.15, 0.2) is 5.65 Å². The predicted octanol–water partition coefficient (Wildman–Crippen LogP) is 1.57. The Balaban J connectivity index is 1.60. The maximum absolute atomic E-state index is 12.3. The lowest BCUT2D eigenvalue weighted by molar-refractivity contribution is -0.132. The lowest BCUT2D eigenvalue weighted by Crippen LogP contribution is -2.36. The summed E-state index contributed by atoms with van der Waals surface area (Å²) in [6.45, 7) is 3.29. The lowest BCUT2D eigenvalue weighted by Gasteiger charge is -2.23. The molecule has 122 valence electrons. The first-order valence-electron chi connectivity index (χ1n) is 8.02. The van der Waals surface area contributed by atoms with Crippen LogP contribution in [0.5, 0.6) is 0 Å². The number of hydrogen-bond acceptors (Lipinski definition) is 5.